The summed E-state index contributed by atoms with van der Waals surface area (Å²) in [5, 5.41) is 5.54. The number of aryl methyl sites for hydroxylation is 2. The maximum absolute atomic E-state index is 12.8. The van der Waals surface area contributed by atoms with Gasteiger partial charge in [0.15, 0.2) is 0 Å². The molecule has 2 amide bonds. The Morgan fingerprint density at radius 2 is 1.45 bits per heavy atom. The fourth-order valence-corrected chi connectivity index (χ4v) is 4.97. The van der Waals surface area contributed by atoms with Gasteiger partial charge < -0.3 is 10.6 Å². The van der Waals surface area contributed by atoms with Crippen LogP contribution in [0.15, 0.2) is 53.4 Å². The first kappa shape index (κ1) is 23.0. The van der Waals surface area contributed by atoms with Gasteiger partial charge in [0.05, 0.1) is 4.90 Å². The molecule has 0 spiro atoms. The van der Waals surface area contributed by atoms with Gasteiger partial charge >= 0.3 is 0 Å². The number of hydrogen-bond acceptors (Lipinski definition) is 4. The van der Waals surface area contributed by atoms with Crippen LogP contribution in [-0.2, 0) is 19.6 Å². The zero-order valence-electron chi connectivity index (χ0n) is 18.1. The van der Waals surface area contributed by atoms with Crippen molar-refractivity contribution in [3.05, 3.63) is 59.7 Å². The Morgan fingerprint density at radius 1 is 0.935 bits per heavy atom. The number of sulfonamides is 1. The van der Waals surface area contributed by atoms with Crippen molar-refractivity contribution in [2.24, 2.45) is 5.92 Å². The zero-order chi connectivity index (χ0) is 22.6. The molecule has 0 bridgehead atoms. The fraction of sp³-hybridized carbons (Fsp3) is 0.391. The quantitative estimate of drug-likeness (QED) is 0.718. The third-order valence-corrected chi connectivity index (χ3v) is 7.47. The molecule has 1 heterocycles. The minimum absolute atomic E-state index is 0.223. The van der Waals surface area contributed by atoms with E-state index >= 15 is 0 Å². The molecule has 166 valence electrons. The topological polar surface area (TPSA) is 95.6 Å². The predicted octanol–water partition coefficient (Wildman–Crippen LogP) is 2.85. The second-order valence-corrected chi connectivity index (χ2v) is 10.0. The van der Waals surface area contributed by atoms with Gasteiger partial charge in [0.25, 0.3) is 0 Å². The monoisotopic (exact) mass is 443 g/mol. The van der Waals surface area contributed by atoms with Gasteiger partial charge in [0, 0.05) is 24.7 Å². The van der Waals surface area contributed by atoms with Crippen LogP contribution in [0.25, 0.3) is 0 Å². The largest absolute Gasteiger partial charge is 0.344 e. The van der Waals surface area contributed by atoms with Crippen LogP contribution in [0.1, 0.15) is 30.9 Å². The van der Waals surface area contributed by atoms with E-state index in [1.54, 1.807) is 31.2 Å². The average Bonchev–Trinajstić information content (AvgIpc) is 2.75. The fourth-order valence-electron chi connectivity index (χ4n) is 3.50. The van der Waals surface area contributed by atoms with Crippen LogP contribution in [0.2, 0.25) is 0 Å². The van der Waals surface area contributed by atoms with E-state index in [1.807, 2.05) is 38.1 Å². The van der Waals surface area contributed by atoms with E-state index in [1.165, 1.54) is 4.31 Å². The van der Waals surface area contributed by atoms with Gasteiger partial charge in [0.2, 0.25) is 21.8 Å². The summed E-state index contributed by atoms with van der Waals surface area (Å²) in [7, 11) is -3.56. The predicted molar refractivity (Wildman–Crippen MR) is 120 cm³/mol. The highest BCUT2D eigenvalue weighted by molar-refractivity contribution is 7.89. The molecule has 1 aliphatic heterocycles. The molecular formula is C23H29N3O4S. The molecule has 2 aromatic carbocycles. The van der Waals surface area contributed by atoms with Crippen molar-refractivity contribution in [3.63, 3.8) is 0 Å². The van der Waals surface area contributed by atoms with Crippen LogP contribution in [-0.4, -0.2) is 43.7 Å². The van der Waals surface area contributed by atoms with Gasteiger partial charge in [-0.05, 0) is 57.9 Å². The molecule has 7 nitrogen and oxygen atoms in total. The third kappa shape index (κ3) is 5.71. The van der Waals surface area contributed by atoms with E-state index in [9.17, 15) is 18.0 Å². The molecule has 1 saturated heterocycles. The second kappa shape index (κ2) is 9.62. The molecule has 0 saturated carbocycles. The number of anilines is 1. The molecule has 2 aromatic rings. The summed E-state index contributed by atoms with van der Waals surface area (Å²) in [5.41, 5.74) is 2.76. The summed E-state index contributed by atoms with van der Waals surface area (Å²) in [5.74, 6) is -0.838. The molecule has 31 heavy (non-hydrogen) atoms. The van der Waals surface area contributed by atoms with E-state index in [4.69, 9.17) is 0 Å². The van der Waals surface area contributed by atoms with Crippen LogP contribution in [0.4, 0.5) is 5.69 Å². The van der Waals surface area contributed by atoms with Crippen molar-refractivity contribution >= 4 is 27.5 Å². The normalized spacial score (nSPS) is 16.5. The number of benzene rings is 2. The number of nitrogens with zero attached hydrogens (tertiary/aromatic N) is 1. The summed E-state index contributed by atoms with van der Waals surface area (Å²) < 4.78 is 27.0. The first-order valence-corrected chi connectivity index (χ1v) is 11.9. The number of rotatable bonds is 6. The van der Waals surface area contributed by atoms with Crippen LogP contribution >= 0.6 is 0 Å². The van der Waals surface area contributed by atoms with Crippen molar-refractivity contribution in [1.82, 2.24) is 9.62 Å². The van der Waals surface area contributed by atoms with Crippen LogP contribution in [0.5, 0.6) is 0 Å². The number of carbonyl (C=O) groups excluding carboxylic acids is 2. The lowest BCUT2D eigenvalue weighted by atomic mass is 9.97. The highest BCUT2D eigenvalue weighted by Crippen LogP contribution is 2.24. The highest BCUT2D eigenvalue weighted by Gasteiger charge is 2.32. The van der Waals surface area contributed by atoms with Crippen LogP contribution in [0.3, 0.4) is 0 Å². The van der Waals surface area contributed by atoms with Crippen LogP contribution < -0.4 is 10.6 Å². The molecule has 2 N–H and O–H groups in total. The summed E-state index contributed by atoms with van der Waals surface area (Å²) in [6, 6.07) is 13.5. The third-order valence-electron chi connectivity index (χ3n) is 5.55. The SMILES string of the molecule is Cc1ccc(NC(=O)C(C)NC(=O)C2CCN(S(=O)(=O)c3ccc(C)cc3)CC2)cc1. The zero-order valence-corrected chi connectivity index (χ0v) is 18.9. The lowest BCUT2D eigenvalue weighted by Gasteiger charge is -2.31. The molecule has 3 rings (SSSR count). The smallest absolute Gasteiger partial charge is 0.246 e. The molecular weight excluding hydrogens is 414 g/mol. The van der Waals surface area contributed by atoms with Crippen molar-refractivity contribution < 1.29 is 18.0 Å². The second-order valence-electron chi connectivity index (χ2n) is 8.08. The maximum atomic E-state index is 12.8. The van der Waals surface area contributed by atoms with Gasteiger partial charge in [-0.1, -0.05) is 35.4 Å². The Labute approximate surface area is 183 Å². The van der Waals surface area contributed by atoms with Crippen molar-refractivity contribution in [3.8, 4) is 0 Å². The first-order valence-electron chi connectivity index (χ1n) is 10.4. The number of hydrogen-bond donors (Lipinski definition) is 2. The average molecular weight is 444 g/mol. The molecule has 1 atom stereocenters. The van der Waals surface area contributed by atoms with Crippen molar-refractivity contribution in [1.29, 1.82) is 0 Å². The van der Waals surface area contributed by atoms with E-state index in [-0.39, 0.29) is 35.7 Å². The standard InChI is InChI=1S/C23H29N3O4S/c1-16-4-8-20(9-5-16)25-22(27)18(3)24-23(28)19-12-14-26(15-13-19)31(29,30)21-10-6-17(2)7-11-21/h4-11,18-19H,12-15H2,1-3H3,(H,24,28)(H,25,27). The van der Waals surface area contributed by atoms with E-state index < -0.39 is 16.1 Å². The van der Waals surface area contributed by atoms with Gasteiger partial charge in [-0.15, -0.1) is 0 Å². The van der Waals surface area contributed by atoms with Crippen molar-refractivity contribution in [2.45, 2.75) is 44.6 Å². The lowest BCUT2D eigenvalue weighted by molar-refractivity contribution is -0.129. The first-order chi connectivity index (χ1) is 14.7. The minimum Gasteiger partial charge on any atom is -0.344 e. The Balaban J connectivity index is 1.52. The molecule has 0 radical (unpaired) electrons. The van der Waals surface area contributed by atoms with Gasteiger partial charge in [-0.25, -0.2) is 8.42 Å². The maximum Gasteiger partial charge on any atom is 0.246 e. The van der Waals surface area contributed by atoms with Crippen molar-refractivity contribution in [2.75, 3.05) is 18.4 Å². The number of piperidine rings is 1. The van der Waals surface area contributed by atoms with Gasteiger partial charge in [0.1, 0.15) is 6.04 Å². The Morgan fingerprint density at radius 3 is 2.00 bits per heavy atom. The molecule has 1 aliphatic rings. The molecule has 1 fully saturated rings. The molecule has 8 heteroatoms. The Bertz CT molecular complexity index is 1030. The lowest BCUT2D eigenvalue weighted by Crippen LogP contribution is -2.47. The Hall–Kier alpha value is -2.71. The minimum atomic E-state index is -3.56. The number of nitrogens with one attached hydrogen (secondary N) is 2. The summed E-state index contributed by atoms with van der Waals surface area (Å²) in [6.07, 6.45) is 0.840. The molecule has 0 aliphatic carbocycles. The Kier molecular flexibility index (Phi) is 7.12. The van der Waals surface area contributed by atoms with E-state index in [2.05, 4.69) is 10.6 Å². The van der Waals surface area contributed by atoms with E-state index in [0.717, 1.165) is 11.1 Å². The highest BCUT2D eigenvalue weighted by atomic mass is 32.2. The van der Waals surface area contributed by atoms with Gasteiger partial charge in [-0.3, -0.25) is 9.59 Å². The van der Waals surface area contributed by atoms with Crippen LogP contribution in [0, 0.1) is 19.8 Å². The summed E-state index contributed by atoms with van der Waals surface area (Å²) >= 11 is 0. The van der Waals surface area contributed by atoms with E-state index in [0.29, 0.717) is 18.5 Å². The molecule has 0 aromatic heterocycles. The number of amides is 2. The number of carbonyl (C=O) groups is 2. The van der Waals surface area contributed by atoms with Gasteiger partial charge in [-0.2, -0.15) is 4.31 Å². The summed E-state index contributed by atoms with van der Waals surface area (Å²) in [4.78, 5) is 25.2. The summed E-state index contributed by atoms with van der Waals surface area (Å²) in [6.45, 7) is 6.06. The molecule has 1 unspecified atom stereocenters.